The molecule has 6 rings (SSSR count). The maximum Gasteiger partial charge on any atom is 0.409 e. The molecule has 0 saturated carbocycles. The number of rotatable bonds is 8. The Kier molecular flexibility index (Phi) is 8.40. The van der Waals surface area contributed by atoms with Crippen molar-refractivity contribution in [1.82, 2.24) is 19.5 Å². The van der Waals surface area contributed by atoms with Gasteiger partial charge in [-0.05, 0) is 35.4 Å². The van der Waals surface area contributed by atoms with Crippen molar-refractivity contribution in [2.45, 2.75) is 23.6 Å². The van der Waals surface area contributed by atoms with E-state index in [-0.39, 0.29) is 37.0 Å². The van der Waals surface area contributed by atoms with Crippen LogP contribution in [0.5, 0.6) is 0 Å². The molecule has 0 aliphatic carbocycles. The van der Waals surface area contributed by atoms with Crippen LogP contribution in [0.1, 0.15) is 22.8 Å². The van der Waals surface area contributed by atoms with Crippen LogP contribution in [0.4, 0.5) is 4.79 Å². The van der Waals surface area contributed by atoms with Crippen LogP contribution in [0.15, 0.2) is 125 Å². The summed E-state index contributed by atoms with van der Waals surface area (Å²) in [5.41, 5.74) is 1.91. The van der Waals surface area contributed by atoms with Gasteiger partial charge in [0.15, 0.2) is 6.23 Å². The van der Waals surface area contributed by atoms with Gasteiger partial charge in [-0.3, -0.25) is 9.78 Å². The van der Waals surface area contributed by atoms with E-state index in [2.05, 4.69) is 10.3 Å². The molecule has 2 amide bonds. The van der Waals surface area contributed by atoms with Gasteiger partial charge in [0.05, 0.1) is 30.8 Å². The van der Waals surface area contributed by atoms with Crippen LogP contribution in [0.3, 0.4) is 0 Å². The standard InChI is InChI=1S/C33H30N4O6S/c38-32(30(24-10-3-1-4-11-24)25-12-5-2-6-13-25)36-19-20-37(29(23-36)43-33(39)35-22-27-16-9-21-42-27)44(40,41)28-17-7-14-26-15-8-18-34-31(26)28/h1-18,21,29-30H,19-20,22-23H2,(H,35,39). The summed E-state index contributed by atoms with van der Waals surface area (Å²) >= 11 is 0. The van der Waals surface area contributed by atoms with Gasteiger partial charge in [-0.2, -0.15) is 4.31 Å². The van der Waals surface area contributed by atoms with Crippen LogP contribution in [-0.2, 0) is 26.1 Å². The summed E-state index contributed by atoms with van der Waals surface area (Å²) in [6, 6.07) is 30.6. The highest BCUT2D eigenvalue weighted by Gasteiger charge is 2.42. The predicted molar refractivity (Wildman–Crippen MR) is 163 cm³/mol. The highest BCUT2D eigenvalue weighted by atomic mass is 32.2. The molecule has 3 heterocycles. The first-order valence-corrected chi connectivity index (χ1v) is 15.6. The Morgan fingerprint density at radius 1 is 0.886 bits per heavy atom. The lowest BCUT2D eigenvalue weighted by atomic mass is 9.90. The van der Waals surface area contributed by atoms with Gasteiger partial charge in [0.25, 0.3) is 0 Å². The largest absolute Gasteiger partial charge is 0.467 e. The molecule has 1 aliphatic rings. The third-order valence-corrected chi connectivity index (χ3v) is 9.45. The summed E-state index contributed by atoms with van der Waals surface area (Å²) < 4.78 is 40.4. The fraction of sp³-hybridized carbons (Fsp3) is 0.182. The Balaban J connectivity index is 1.31. The predicted octanol–water partition coefficient (Wildman–Crippen LogP) is 4.75. The molecule has 1 saturated heterocycles. The lowest BCUT2D eigenvalue weighted by Gasteiger charge is -2.40. The minimum Gasteiger partial charge on any atom is -0.467 e. The summed E-state index contributed by atoms with van der Waals surface area (Å²) in [5, 5.41) is 3.26. The molecule has 3 aromatic carbocycles. The molecule has 1 fully saturated rings. The van der Waals surface area contributed by atoms with Crippen molar-refractivity contribution in [3.05, 3.63) is 132 Å². The minimum atomic E-state index is -4.21. The second kappa shape index (κ2) is 12.7. The number of carbonyl (C=O) groups is 2. The second-order valence-corrected chi connectivity index (χ2v) is 12.1. The maximum atomic E-state index is 14.2. The number of carbonyl (C=O) groups excluding carboxylic acids is 2. The highest BCUT2D eigenvalue weighted by molar-refractivity contribution is 7.89. The van der Waals surface area contributed by atoms with Gasteiger partial charge >= 0.3 is 6.09 Å². The highest BCUT2D eigenvalue weighted by Crippen LogP contribution is 2.31. The van der Waals surface area contributed by atoms with Gasteiger partial charge in [-0.15, -0.1) is 0 Å². The second-order valence-electron chi connectivity index (χ2n) is 10.3. The molecule has 1 atom stereocenters. The molecule has 1 unspecified atom stereocenters. The number of para-hydroxylation sites is 1. The van der Waals surface area contributed by atoms with Gasteiger partial charge in [-0.25, -0.2) is 13.2 Å². The SMILES string of the molecule is O=C(NCc1ccco1)OC1CN(C(=O)C(c2ccccc2)c2ccccc2)CCN1S(=O)(=O)c1cccc2cccnc12. The Morgan fingerprint density at radius 2 is 1.59 bits per heavy atom. The number of benzene rings is 3. The molecule has 10 nitrogen and oxygen atoms in total. The third kappa shape index (κ3) is 6.05. The lowest BCUT2D eigenvalue weighted by Crippen LogP contribution is -2.59. The quantitative estimate of drug-likeness (QED) is 0.269. The molecule has 0 spiro atoms. The molecule has 0 bridgehead atoms. The number of piperazine rings is 1. The van der Waals surface area contributed by atoms with E-state index in [0.717, 1.165) is 15.4 Å². The molecular weight excluding hydrogens is 580 g/mol. The first-order valence-electron chi connectivity index (χ1n) is 14.1. The van der Waals surface area contributed by atoms with Crippen molar-refractivity contribution in [2.75, 3.05) is 19.6 Å². The molecule has 2 aromatic heterocycles. The number of pyridine rings is 1. The Bertz CT molecular complexity index is 1800. The van der Waals surface area contributed by atoms with E-state index in [9.17, 15) is 18.0 Å². The number of nitrogens with zero attached hydrogens (tertiary/aromatic N) is 3. The van der Waals surface area contributed by atoms with Gasteiger partial charge in [-0.1, -0.05) is 78.9 Å². The number of nitrogens with one attached hydrogen (secondary N) is 1. The maximum absolute atomic E-state index is 14.2. The number of fused-ring (bicyclic) bond motifs is 1. The molecule has 5 aromatic rings. The summed E-state index contributed by atoms with van der Waals surface area (Å²) in [6.45, 7) is -0.115. The number of sulfonamides is 1. The lowest BCUT2D eigenvalue weighted by molar-refractivity contribution is -0.137. The number of furan rings is 1. The number of amides is 2. The fourth-order valence-corrected chi connectivity index (χ4v) is 7.06. The van der Waals surface area contributed by atoms with Crippen molar-refractivity contribution in [3.63, 3.8) is 0 Å². The van der Waals surface area contributed by atoms with Crippen LogP contribution in [0, 0.1) is 0 Å². The topological polar surface area (TPSA) is 122 Å². The molecule has 0 radical (unpaired) electrons. The van der Waals surface area contributed by atoms with Crippen LogP contribution in [0.25, 0.3) is 10.9 Å². The van der Waals surface area contributed by atoms with Crippen molar-refractivity contribution in [2.24, 2.45) is 0 Å². The summed E-state index contributed by atoms with van der Waals surface area (Å²) in [4.78, 5) is 33.0. The molecular formula is C33H30N4O6S. The van der Waals surface area contributed by atoms with Crippen LogP contribution >= 0.6 is 0 Å². The van der Waals surface area contributed by atoms with Crippen molar-refractivity contribution in [1.29, 1.82) is 0 Å². The van der Waals surface area contributed by atoms with E-state index in [4.69, 9.17) is 9.15 Å². The number of aromatic nitrogens is 1. The number of ether oxygens (including phenoxy) is 1. The van der Waals surface area contributed by atoms with Crippen LogP contribution < -0.4 is 5.32 Å². The first kappa shape index (κ1) is 29.1. The Labute approximate surface area is 254 Å². The van der Waals surface area contributed by atoms with Crippen LogP contribution in [-0.4, -0.2) is 60.5 Å². The van der Waals surface area contributed by atoms with Crippen LogP contribution in [0.2, 0.25) is 0 Å². The first-order chi connectivity index (χ1) is 21.4. The molecule has 1 N–H and O–H groups in total. The number of hydrogen-bond donors (Lipinski definition) is 1. The van der Waals surface area contributed by atoms with Gasteiger partial charge in [0.1, 0.15) is 10.7 Å². The van der Waals surface area contributed by atoms with Gasteiger partial charge < -0.3 is 19.4 Å². The molecule has 11 heteroatoms. The molecule has 44 heavy (non-hydrogen) atoms. The van der Waals surface area contributed by atoms with E-state index in [1.54, 1.807) is 41.3 Å². The monoisotopic (exact) mass is 610 g/mol. The van der Waals surface area contributed by atoms with E-state index in [0.29, 0.717) is 16.7 Å². The van der Waals surface area contributed by atoms with E-state index < -0.39 is 28.3 Å². The Morgan fingerprint density at radius 3 is 2.27 bits per heavy atom. The van der Waals surface area contributed by atoms with Crippen molar-refractivity contribution >= 4 is 32.9 Å². The molecule has 1 aliphatic heterocycles. The van der Waals surface area contributed by atoms with E-state index in [1.807, 2.05) is 60.7 Å². The zero-order valence-electron chi connectivity index (χ0n) is 23.7. The molecule has 224 valence electrons. The summed E-state index contributed by atoms with van der Waals surface area (Å²) in [5.74, 6) is -0.352. The van der Waals surface area contributed by atoms with E-state index in [1.165, 1.54) is 18.5 Å². The van der Waals surface area contributed by atoms with Gasteiger partial charge in [0.2, 0.25) is 15.9 Å². The average molecular weight is 611 g/mol. The van der Waals surface area contributed by atoms with E-state index >= 15 is 0 Å². The third-order valence-electron chi connectivity index (χ3n) is 7.52. The zero-order chi connectivity index (χ0) is 30.5. The van der Waals surface area contributed by atoms with Gasteiger partial charge in [0, 0.05) is 24.7 Å². The summed E-state index contributed by atoms with van der Waals surface area (Å²) in [7, 11) is -4.21. The Hall–Kier alpha value is -5.00. The zero-order valence-corrected chi connectivity index (χ0v) is 24.5. The smallest absolute Gasteiger partial charge is 0.409 e. The number of alkyl carbamates (subject to hydrolysis) is 1. The summed E-state index contributed by atoms with van der Waals surface area (Å²) in [6.07, 6.45) is 0.858. The number of hydrogen-bond acceptors (Lipinski definition) is 7. The minimum absolute atomic E-state index is 0.00795. The average Bonchev–Trinajstić information content (AvgIpc) is 3.58. The van der Waals surface area contributed by atoms with Crippen molar-refractivity contribution in [3.8, 4) is 0 Å². The van der Waals surface area contributed by atoms with Crippen molar-refractivity contribution < 1.29 is 27.2 Å². The normalized spacial score (nSPS) is 15.8. The fourth-order valence-electron chi connectivity index (χ4n) is 5.40.